The molecule has 48 heavy (non-hydrogen) atoms. The molecule has 3 aliphatic carbocycles. The van der Waals surface area contributed by atoms with Gasteiger partial charge >= 0.3 is 29.1 Å². The van der Waals surface area contributed by atoms with Crippen molar-refractivity contribution in [2.45, 2.75) is 115 Å². The van der Waals surface area contributed by atoms with E-state index >= 15 is 4.79 Å². The summed E-state index contributed by atoms with van der Waals surface area (Å²) < 4.78 is 37.5. The molecule has 0 radical (unpaired) electrons. The van der Waals surface area contributed by atoms with Crippen LogP contribution in [0.15, 0.2) is 41.5 Å². The monoisotopic (exact) mass is 706 g/mol. The first-order chi connectivity index (χ1) is 22.1. The molecule has 2 bridgehead atoms. The van der Waals surface area contributed by atoms with E-state index in [1.165, 1.54) is 6.92 Å². The number of ether oxygens (including phenoxy) is 3. The lowest BCUT2D eigenvalue weighted by atomic mass is 9.44. The maximum absolute atomic E-state index is 15.2. The normalized spacial score (nSPS) is 37.7. The van der Waals surface area contributed by atoms with Gasteiger partial charge in [-0.3, -0.25) is 9.59 Å². The molecule has 4 aliphatic rings. The number of rotatable bonds is 8. The van der Waals surface area contributed by atoms with Gasteiger partial charge in [0.1, 0.15) is 23.9 Å². The zero-order valence-corrected chi connectivity index (χ0v) is 31.5. The Bertz CT molecular complexity index is 1490. The first-order valence-electron chi connectivity index (χ1n) is 16.4. The number of esters is 2. The number of hydrogen-bond donors (Lipinski definition) is 3. The van der Waals surface area contributed by atoms with Gasteiger partial charge in [-0.25, -0.2) is 4.79 Å². The number of Topliss-reactive ketones (excluding diaryl/α,β-unsaturated/α-hetero) is 1. The van der Waals surface area contributed by atoms with E-state index in [9.17, 15) is 24.9 Å². The highest BCUT2D eigenvalue weighted by Gasteiger charge is 2.78. The number of aliphatic hydroxyl groups excluding tert-OH is 2. The maximum atomic E-state index is 15.2. The smallest absolute Gasteiger partial charge is 0.338 e. The third kappa shape index (κ3) is 5.66. The molecule has 0 unspecified atom stereocenters. The Labute approximate surface area is 284 Å². The summed E-state index contributed by atoms with van der Waals surface area (Å²) in [5.74, 6) is -3.42. The molecule has 2 saturated carbocycles. The summed E-state index contributed by atoms with van der Waals surface area (Å²) in [6.07, 6.45) is -6.66. The summed E-state index contributed by atoms with van der Waals surface area (Å²) >= 11 is 0. The molecule has 1 heterocycles. The van der Waals surface area contributed by atoms with Crippen LogP contribution >= 0.6 is 0 Å². The van der Waals surface area contributed by atoms with E-state index in [0.717, 1.165) is 0 Å². The predicted octanol–water partition coefficient (Wildman–Crippen LogP) is 3.17. The molecule has 5 rings (SSSR count). The van der Waals surface area contributed by atoms with Crippen molar-refractivity contribution in [3.05, 3.63) is 47.0 Å². The maximum Gasteiger partial charge on any atom is 0.338 e. The van der Waals surface area contributed by atoms with Gasteiger partial charge in [-0.1, -0.05) is 32.0 Å². The lowest BCUT2D eigenvalue weighted by Gasteiger charge is -2.68. The number of aliphatic hydroxyl groups is 3. The van der Waals surface area contributed by atoms with Crippen LogP contribution < -0.4 is 0 Å². The van der Waals surface area contributed by atoms with Crippen molar-refractivity contribution in [3.63, 3.8) is 0 Å². The van der Waals surface area contributed by atoms with E-state index in [2.05, 4.69) is 0 Å². The fourth-order valence-corrected chi connectivity index (χ4v) is 15.1. The molecule has 14 heteroatoms. The predicted molar refractivity (Wildman–Crippen MR) is 177 cm³/mol. The Hall–Kier alpha value is -2.28. The molecule has 1 aromatic rings. The van der Waals surface area contributed by atoms with Gasteiger partial charge in [-0.2, -0.15) is 0 Å². The molecule has 266 valence electrons. The zero-order chi connectivity index (χ0) is 35.8. The number of hydrogen-bond acceptors (Lipinski definition) is 12. The Kier molecular flexibility index (Phi) is 9.40. The number of fused-ring (bicyclic) bond motifs is 5. The largest absolute Gasteiger partial charge is 0.455 e. The lowest BCUT2D eigenvalue weighted by Crippen LogP contribution is -2.82. The van der Waals surface area contributed by atoms with Crippen molar-refractivity contribution in [3.8, 4) is 0 Å². The third-order valence-electron chi connectivity index (χ3n) is 11.3. The highest BCUT2D eigenvalue weighted by molar-refractivity contribution is 6.78. The fraction of sp³-hybridized carbons (Fsp3) is 0.676. The van der Waals surface area contributed by atoms with Gasteiger partial charge < -0.3 is 42.5 Å². The van der Waals surface area contributed by atoms with Crippen LogP contribution in [0.5, 0.6) is 0 Å². The minimum atomic E-state index is -3.12. The van der Waals surface area contributed by atoms with Crippen molar-refractivity contribution in [2.24, 2.45) is 16.7 Å². The van der Waals surface area contributed by atoms with E-state index in [1.807, 2.05) is 26.2 Å². The second-order valence-corrected chi connectivity index (χ2v) is 22.4. The molecule has 1 aliphatic heterocycles. The Morgan fingerprint density at radius 3 is 2.19 bits per heavy atom. The Morgan fingerprint density at radius 1 is 1.02 bits per heavy atom. The molecule has 0 amide bonds. The van der Waals surface area contributed by atoms with Crippen molar-refractivity contribution < 1.29 is 56.9 Å². The van der Waals surface area contributed by atoms with Crippen LogP contribution in [-0.2, 0) is 36.8 Å². The molecule has 3 fully saturated rings. The van der Waals surface area contributed by atoms with Crippen LogP contribution in [0.3, 0.4) is 0 Å². The quantitative estimate of drug-likeness (QED) is 0.206. The van der Waals surface area contributed by atoms with Gasteiger partial charge in [0.25, 0.3) is 0 Å². The van der Waals surface area contributed by atoms with E-state index in [0.29, 0.717) is 5.57 Å². The summed E-state index contributed by atoms with van der Waals surface area (Å²) in [7, 11) is -4.21. The molecule has 12 nitrogen and oxygen atoms in total. The third-order valence-corrected chi connectivity index (χ3v) is 17.1. The Morgan fingerprint density at radius 2 is 1.65 bits per heavy atom. The molecule has 0 spiro atoms. The number of carbonyl (C=O) groups is 3. The second kappa shape index (κ2) is 12.2. The highest BCUT2D eigenvalue weighted by Crippen LogP contribution is 2.64. The SMILES string of the molecule is CO[Si](C)(C)O[Si](C)(C)O[C@H]1C[C@H]2OC[C@@]2(OC(C)=O)[C@H]2[C@H](OC(=O)c3ccccc3)[C@]3(O)C[C@H](O)C(C)=C([C@@H](O)C(=O)[C@]12C)C3(C)C. The average molecular weight is 707 g/mol. The molecule has 1 saturated heterocycles. The van der Waals surface area contributed by atoms with Gasteiger partial charge in [0.15, 0.2) is 11.4 Å². The topological polar surface area (TPSA) is 167 Å². The van der Waals surface area contributed by atoms with Crippen molar-refractivity contribution in [1.29, 1.82) is 0 Å². The average Bonchev–Trinajstić information content (AvgIpc) is 2.98. The summed E-state index contributed by atoms with van der Waals surface area (Å²) in [5, 5.41) is 36.5. The Balaban J connectivity index is 1.80. The fourth-order valence-electron chi connectivity index (χ4n) is 8.81. The van der Waals surface area contributed by atoms with Crippen LogP contribution in [0.2, 0.25) is 26.2 Å². The minimum absolute atomic E-state index is 0.0787. The summed E-state index contributed by atoms with van der Waals surface area (Å²) in [5.41, 5.74) is -6.12. The van der Waals surface area contributed by atoms with Gasteiger partial charge in [0, 0.05) is 32.3 Å². The van der Waals surface area contributed by atoms with Crippen LogP contribution in [0.25, 0.3) is 0 Å². The molecule has 0 aromatic heterocycles. The second-order valence-electron chi connectivity index (χ2n) is 15.4. The van der Waals surface area contributed by atoms with Crippen molar-refractivity contribution >= 4 is 34.8 Å². The first-order valence-corrected chi connectivity index (χ1v) is 22.1. The molecular weight excluding hydrogens is 657 g/mol. The van der Waals surface area contributed by atoms with Gasteiger partial charge in [0.2, 0.25) is 0 Å². The minimum Gasteiger partial charge on any atom is -0.455 e. The lowest BCUT2D eigenvalue weighted by molar-refractivity contribution is -0.345. The molecule has 9 atom stereocenters. The number of ketones is 1. The molecule has 1 aromatic carbocycles. The van der Waals surface area contributed by atoms with Crippen LogP contribution in [0.1, 0.15) is 57.8 Å². The zero-order valence-electron chi connectivity index (χ0n) is 29.5. The first kappa shape index (κ1) is 37.0. The van der Waals surface area contributed by atoms with Crippen LogP contribution in [0.4, 0.5) is 0 Å². The van der Waals surface area contributed by atoms with Gasteiger partial charge in [0.05, 0.1) is 35.7 Å². The van der Waals surface area contributed by atoms with E-state index in [4.69, 9.17) is 27.2 Å². The summed E-state index contributed by atoms with van der Waals surface area (Å²) in [6.45, 7) is 15.1. The van der Waals surface area contributed by atoms with Crippen molar-refractivity contribution in [2.75, 3.05) is 13.7 Å². The van der Waals surface area contributed by atoms with E-state index in [-0.39, 0.29) is 30.6 Å². The van der Waals surface area contributed by atoms with Crippen LogP contribution in [0, 0.1) is 16.7 Å². The summed E-state index contributed by atoms with van der Waals surface area (Å²) in [6, 6.07) is 8.22. The number of carbonyl (C=O) groups excluding carboxylic acids is 3. The number of benzene rings is 1. The van der Waals surface area contributed by atoms with Gasteiger partial charge in [-0.05, 0) is 63.3 Å². The molecule has 3 N–H and O–H groups in total. The van der Waals surface area contributed by atoms with Crippen molar-refractivity contribution in [1.82, 2.24) is 0 Å². The van der Waals surface area contributed by atoms with E-state index < -0.39 is 93.3 Å². The standard InChI is InChI=1S/C34H50O12Si2/c1-19-22(36)17-34(40)29(43-30(39)21-14-12-11-13-15-21)27-32(5,28(38)26(37)25(19)31(34,3)4)23(45-48(9,10)46-47(7,8)41-6)16-24-33(27,18-42-24)44-20(2)35/h11-15,22-24,26-27,29,36-37,40H,16-18H2,1-10H3/t22-,23-,24+,26+,27-,29-,32+,33-,34+/m0/s1. The van der Waals surface area contributed by atoms with Crippen LogP contribution in [-0.4, -0.2) is 106 Å². The van der Waals surface area contributed by atoms with Gasteiger partial charge in [-0.15, -0.1) is 0 Å². The molecular formula is C34H50O12Si2. The summed E-state index contributed by atoms with van der Waals surface area (Å²) in [4.78, 5) is 42.0. The van der Waals surface area contributed by atoms with E-state index in [1.54, 1.807) is 65.1 Å². The highest BCUT2D eigenvalue weighted by atomic mass is 28.5.